The average Bonchev–Trinajstić information content (AvgIpc) is 2.49. The molecule has 5 heteroatoms. The Morgan fingerprint density at radius 3 is 2.50 bits per heavy atom. The Labute approximate surface area is 137 Å². The minimum atomic E-state index is -0.367. The standard InChI is InChI=1S/C17H15BrN2O2/c1-12(21)14-3-2-4-16(11-14)20-17(22)19-10-9-13-5-7-15(18)8-6-13/h2-11H,1H3,(H2,19,20,22)/b10-9+. The van der Waals surface area contributed by atoms with Crippen LogP contribution in [0.2, 0.25) is 0 Å². The molecule has 0 aromatic heterocycles. The maximum Gasteiger partial charge on any atom is 0.323 e. The minimum absolute atomic E-state index is 0.0424. The fourth-order valence-corrected chi connectivity index (χ4v) is 2.03. The zero-order chi connectivity index (χ0) is 15.9. The molecule has 0 atom stereocenters. The van der Waals surface area contributed by atoms with Crippen LogP contribution in [0.15, 0.2) is 59.2 Å². The summed E-state index contributed by atoms with van der Waals surface area (Å²) in [4.78, 5) is 23.1. The lowest BCUT2D eigenvalue weighted by molar-refractivity contribution is 0.101. The first-order chi connectivity index (χ1) is 10.5. The van der Waals surface area contributed by atoms with E-state index in [1.165, 1.54) is 6.92 Å². The zero-order valence-corrected chi connectivity index (χ0v) is 13.6. The van der Waals surface area contributed by atoms with E-state index in [-0.39, 0.29) is 11.8 Å². The van der Waals surface area contributed by atoms with Gasteiger partial charge in [0.25, 0.3) is 0 Å². The van der Waals surface area contributed by atoms with Crippen LogP contribution in [0.4, 0.5) is 10.5 Å². The van der Waals surface area contributed by atoms with Crippen molar-refractivity contribution in [2.24, 2.45) is 0 Å². The van der Waals surface area contributed by atoms with Crippen molar-refractivity contribution in [3.8, 4) is 0 Å². The normalized spacial score (nSPS) is 10.5. The van der Waals surface area contributed by atoms with E-state index in [9.17, 15) is 9.59 Å². The van der Waals surface area contributed by atoms with Crippen LogP contribution in [-0.2, 0) is 0 Å². The molecule has 0 saturated heterocycles. The summed E-state index contributed by atoms with van der Waals surface area (Å²) in [5.74, 6) is -0.0424. The molecule has 0 bridgehead atoms. The fourth-order valence-electron chi connectivity index (χ4n) is 1.77. The Kier molecular flexibility index (Phi) is 5.49. The lowest BCUT2D eigenvalue weighted by Crippen LogP contribution is -2.23. The molecule has 112 valence electrons. The van der Waals surface area contributed by atoms with E-state index in [1.807, 2.05) is 24.3 Å². The average molecular weight is 359 g/mol. The molecule has 2 amide bonds. The van der Waals surface area contributed by atoms with Gasteiger partial charge in [0.15, 0.2) is 5.78 Å². The number of ketones is 1. The molecule has 0 fully saturated rings. The Hall–Kier alpha value is -2.40. The van der Waals surface area contributed by atoms with Crippen molar-refractivity contribution in [2.45, 2.75) is 6.92 Å². The highest BCUT2D eigenvalue weighted by Gasteiger charge is 2.03. The predicted octanol–water partition coefficient (Wildman–Crippen LogP) is 4.44. The van der Waals surface area contributed by atoms with Crippen LogP contribution in [0.25, 0.3) is 6.08 Å². The van der Waals surface area contributed by atoms with E-state index in [0.717, 1.165) is 10.0 Å². The van der Waals surface area contributed by atoms with Crippen molar-refractivity contribution in [3.05, 3.63) is 70.3 Å². The van der Waals surface area contributed by atoms with E-state index in [2.05, 4.69) is 26.6 Å². The van der Waals surface area contributed by atoms with Gasteiger partial charge in [0, 0.05) is 21.9 Å². The second-order valence-corrected chi connectivity index (χ2v) is 5.54. The molecule has 0 heterocycles. The predicted molar refractivity (Wildman–Crippen MR) is 91.8 cm³/mol. The second-order valence-electron chi connectivity index (χ2n) is 4.62. The number of carbonyl (C=O) groups excluding carboxylic acids is 2. The lowest BCUT2D eigenvalue weighted by atomic mass is 10.1. The van der Waals surface area contributed by atoms with Crippen LogP contribution < -0.4 is 10.6 Å². The zero-order valence-electron chi connectivity index (χ0n) is 12.0. The van der Waals surface area contributed by atoms with Crippen molar-refractivity contribution >= 4 is 39.5 Å². The fraction of sp³-hybridized carbons (Fsp3) is 0.0588. The van der Waals surface area contributed by atoms with Gasteiger partial charge in [-0.2, -0.15) is 0 Å². The molecule has 0 radical (unpaired) electrons. The van der Waals surface area contributed by atoms with Crippen LogP contribution >= 0.6 is 15.9 Å². The van der Waals surface area contributed by atoms with Crippen LogP contribution in [-0.4, -0.2) is 11.8 Å². The third kappa shape index (κ3) is 4.86. The number of halogens is 1. The first-order valence-electron chi connectivity index (χ1n) is 6.65. The Morgan fingerprint density at radius 2 is 1.82 bits per heavy atom. The van der Waals surface area contributed by atoms with Gasteiger partial charge < -0.3 is 10.6 Å². The molecule has 2 aromatic carbocycles. The summed E-state index contributed by atoms with van der Waals surface area (Å²) in [5.41, 5.74) is 2.10. The van der Waals surface area contributed by atoms with Crippen LogP contribution in [0.3, 0.4) is 0 Å². The van der Waals surface area contributed by atoms with E-state index in [0.29, 0.717) is 11.3 Å². The highest BCUT2D eigenvalue weighted by atomic mass is 79.9. The molecule has 2 rings (SSSR count). The molecule has 0 aliphatic rings. The van der Waals surface area contributed by atoms with Crippen molar-refractivity contribution < 1.29 is 9.59 Å². The molecule has 22 heavy (non-hydrogen) atoms. The highest BCUT2D eigenvalue weighted by Crippen LogP contribution is 2.12. The van der Waals surface area contributed by atoms with Gasteiger partial charge in [-0.15, -0.1) is 0 Å². The summed E-state index contributed by atoms with van der Waals surface area (Å²) in [5, 5.41) is 5.29. The largest absolute Gasteiger partial charge is 0.323 e. The van der Waals surface area contributed by atoms with E-state index in [1.54, 1.807) is 36.5 Å². The summed E-state index contributed by atoms with van der Waals surface area (Å²) in [7, 11) is 0. The summed E-state index contributed by atoms with van der Waals surface area (Å²) >= 11 is 3.36. The van der Waals surface area contributed by atoms with Crippen molar-refractivity contribution in [2.75, 3.05) is 5.32 Å². The molecule has 0 aliphatic heterocycles. The number of benzene rings is 2. The van der Waals surface area contributed by atoms with Gasteiger partial charge in [0.2, 0.25) is 0 Å². The van der Waals surface area contributed by atoms with Gasteiger partial charge in [-0.25, -0.2) is 4.79 Å². The molecular weight excluding hydrogens is 344 g/mol. The number of nitrogens with one attached hydrogen (secondary N) is 2. The molecule has 2 aromatic rings. The number of amides is 2. The van der Waals surface area contributed by atoms with Gasteiger partial charge in [0.1, 0.15) is 0 Å². The van der Waals surface area contributed by atoms with Gasteiger partial charge in [0.05, 0.1) is 0 Å². The molecular formula is C17H15BrN2O2. The van der Waals surface area contributed by atoms with Crippen molar-refractivity contribution in [1.82, 2.24) is 5.32 Å². The molecule has 0 aliphatic carbocycles. The van der Waals surface area contributed by atoms with Gasteiger partial charge >= 0.3 is 6.03 Å². The number of anilines is 1. The van der Waals surface area contributed by atoms with Gasteiger partial charge in [-0.3, -0.25) is 4.79 Å². The van der Waals surface area contributed by atoms with Crippen LogP contribution in [0.1, 0.15) is 22.8 Å². The second kappa shape index (κ2) is 7.56. The molecule has 2 N–H and O–H groups in total. The van der Waals surface area contributed by atoms with Gasteiger partial charge in [-0.05, 0) is 42.8 Å². The van der Waals surface area contributed by atoms with Crippen LogP contribution in [0.5, 0.6) is 0 Å². The summed E-state index contributed by atoms with van der Waals surface area (Å²) in [6.07, 6.45) is 3.35. The highest BCUT2D eigenvalue weighted by molar-refractivity contribution is 9.10. The molecule has 0 spiro atoms. The smallest absolute Gasteiger partial charge is 0.314 e. The van der Waals surface area contributed by atoms with E-state index in [4.69, 9.17) is 0 Å². The Morgan fingerprint density at radius 1 is 1.09 bits per heavy atom. The number of carbonyl (C=O) groups is 2. The van der Waals surface area contributed by atoms with E-state index < -0.39 is 0 Å². The third-order valence-corrected chi connectivity index (χ3v) is 3.42. The first-order valence-corrected chi connectivity index (χ1v) is 7.44. The Balaban J connectivity index is 1.91. The third-order valence-electron chi connectivity index (χ3n) is 2.89. The monoisotopic (exact) mass is 358 g/mol. The number of rotatable bonds is 4. The number of hydrogen-bond donors (Lipinski definition) is 2. The quantitative estimate of drug-likeness (QED) is 0.793. The maximum absolute atomic E-state index is 11.8. The first kappa shape index (κ1) is 16.0. The number of hydrogen-bond acceptors (Lipinski definition) is 2. The molecule has 0 saturated carbocycles. The molecule has 4 nitrogen and oxygen atoms in total. The van der Waals surface area contributed by atoms with Crippen molar-refractivity contribution in [1.29, 1.82) is 0 Å². The van der Waals surface area contributed by atoms with Crippen molar-refractivity contribution in [3.63, 3.8) is 0 Å². The Bertz CT molecular complexity index is 709. The maximum atomic E-state index is 11.8. The summed E-state index contributed by atoms with van der Waals surface area (Å²) < 4.78 is 1.00. The summed E-state index contributed by atoms with van der Waals surface area (Å²) in [6, 6.07) is 14.1. The minimum Gasteiger partial charge on any atom is -0.314 e. The number of urea groups is 1. The van der Waals surface area contributed by atoms with Gasteiger partial charge in [-0.1, -0.05) is 40.2 Å². The lowest BCUT2D eigenvalue weighted by Gasteiger charge is -2.05. The summed E-state index contributed by atoms with van der Waals surface area (Å²) in [6.45, 7) is 1.49. The number of Topliss-reactive ketones (excluding diaryl/α,β-unsaturated/α-hetero) is 1. The van der Waals surface area contributed by atoms with Crippen LogP contribution in [0, 0.1) is 0 Å². The molecule has 0 unspecified atom stereocenters. The SMILES string of the molecule is CC(=O)c1cccc(NC(=O)N/C=C/c2ccc(Br)cc2)c1. The van der Waals surface area contributed by atoms with E-state index >= 15 is 0 Å². The topological polar surface area (TPSA) is 58.2 Å².